The van der Waals surface area contributed by atoms with Gasteiger partial charge in [-0.15, -0.1) is 11.3 Å². The number of anilines is 1. The summed E-state index contributed by atoms with van der Waals surface area (Å²) in [5.74, 6) is -0.501. The van der Waals surface area contributed by atoms with E-state index in [-0.39, 0.29) is 24.3 Å². The minimum Gasteiger partial charge on any atom is -0.367 e. The van der Waals surface area contributed by atoms with E-state index < -0.39 is 0 Å². The summed E-state index contributed by atoms with van der Waals surface area (Å²) in [6.45, 7) is 6.47. The Morgan fingerprint density at radius 1 is 1.03 bits per heavy atom. The molecule has 0 spiro atoms. The van der Waals surface area contributed by atoms with Crippen LogP contribution >= 0.6 is 11.3 Å². The van der Waals surface area contributed by atoms with Gasteiger partial charge >= 0.3 is 0 Å². The molecule has 5 rings (SSSR count). The molecule has 4 heterocycles. The first-order valence-electron chi connectivity index (χ1n) is 10.9. The van der Waals surface area contributed by atoms with Crippen LogP contribution in [0.5, 0.6) is 0 Å². The van der Waals surface area contributed by atoms with Gasteiger partial charge in [0.2, 0.25) is 0 Å². The zero-order valence-electron chi connectivity index (χ0n) is 18.9. The predicted octanol–water partition coefficient (Wildman–Crippen LogP) is 2.86. The molecular weight excluding hydrogens is 438 g/mol. The minimum atomic E-state index is -0.276. The number of piperazine rings is 1. The minimum absolute atomic E-state index is 0.0512. The van der Waals surface area contributed by atoms with Crippen LogP contribution in [-0.2, 0) is 13.6 Å². The van der Waals surface area contributed by atoms with E-state index in [4.69, 9.17) is 0 Å². The second kappa shape index (κ2) is 8.15. The van der Waals surface area contributed by atoms with Crippen LogP contribution in [0.4, 0.5) is 5.69 Å². The van der Waals surface area contributed by atoms with E-state index in [9.17, 15) is 14.4 Å². The van der Waals surface area contributed by atoms with Crippen molar-refractivity contribution in [3.63, 3.8) is 0 Å². The van der Waals surface area contributed by atoms with Gasteiger partial charge < -0.3 is 9.80 Å². The number of aromatic nitrogens is 2. The van der Waals surface area contributed by atoms with Crippen molar-refractivity contribution in [3.8, 4) is 0 Å². The Morgan fingerprint density at radius 3 is 2.42 bits per heavy atom. The summed E-state index contributed by atoms with van der Waals surface area (Å²) in [7, 11) is 1.84. The number of thiophene rings is 1. The number of hydrogen-bond donors (Lipinski definition) is 0. The Kier molecular flexibility index (Phi) is 5.28. The molecule has 1 aromatic carbocycles. The average molecular weight is 464 g/mol. The first kappa shape index (κ1) is 21.4. The number of rotatable bonds is 4. The van der Waals surface area contributed by atoms with Crippen LogP contribution in [0.15, 0.2) is 36.5 Å². The Labute approximate surface area is 196 Å². The molecule has 3 amide bonds. The van der Waals surface area contributed by atoms with Gasteiger partial charge in [-0.2, -0.15) is 5.10 Å². The fourth-order valence-electron chi connectivity index (χ4n) is 4.45. The summed E-state index contributed by atoms with van der Waals surface area (Å²) in [6.07, 6.45) is 1.70. The zero-order chi connectivity index (χ0) is 23.3. The number of aryl methyl sites for hydroxylation is 2. The highest BCUT2D eigenvalue weighted by Gasteiger charge is 2.39. The molecule has 0 unspecified atom stereocenters. The first-order valence-corrected chi connectivity index (χ1v) is 11.7. The van der Waals surface area contributed by atoms with E-state index in [0.29, 0.717) is 37.3 Å². The summed E-state index contributed by atoms with van der Waals surface area (Å²) < 4.78 is 1.73. The molecule has 170 valence electrons. The quantitative estimate of drug-likeness (QED) is 0.556. The van der Waals surface area contributed by atoms with E-state index in [1.165, 1.54) is 16.2 Å². The number of nitrogens with zero attached hydrogens (tertiary/aromatic N) is 5. The van der Waals surface area contributed by atoms with Gasteiger partial charge in [-0.1, -0.05) is 6.07 Å². The summed E-state index contributed by atoms with van der Waals surface area (Å²) in [5, 5.41) is 4.22. The molecule has 33 heavy (non-hydrogen) atoms. The normalized spacial score (nSPS) is 16.0. The number of imide groups is 1. The number of carbonyl (C=O) groups is 3. The lowest BCUT2D eigenvalue weighted by Crippen LogP contribution is -2.49. The third-order valence-electron chi connectivity index (χ3n) is 6.50. The van der Waals surface area contributed by atoms with Crippen molar-refractivity contribution in [1.82, 2.24) is 19.6 Å². The Hall–Kier alpha value is -3.46. The number of benzene rings is 1. The third kappa shape index (κ3) is 3.62. The highest BCUT2D eigenvalue weighted by Crippen LogP contribution is 2.33. The maximum atomic E-state index is 13.3. The number of hydrogen-bond acceptors (Lipinski definition) is 6. The third-order valence-corrected chi connectivity index (χ3v) is 7.49. The fourth-order valence-corrected chi connectivity index (χ4v) is 5.28. The van der Waals surface area contributed by atoms with Crippen molar-refractivity contribution in [1.29, 1.82) is 0 Å². The molecule has 8 nitrogen and oxygen atoms in total. The molecule has 0 saturated carbocycles. The van der Waals surface area contributed by atoms with Crippen molar-refractivity contribution in [2.75, 3.05) is 31.1 Å². The molecule has 0 aliphatic carbocycles. The molecule has 2 aromatic heterocycles. The van der Waals surface area contributed by atoms with Gasteiger partial charge in [-0.05, 0) is 38.1 Å². The maximum Gasteiger partial charge on any atom is 0.264 e. The topological polar surface area (TPSA) is 78.8 Å². The van der Waals surface area contributed by atoms with Gasteiger partial charge in [0.05, 0.1) is 34.4 Å². The monoisotopic (exact) mass is 463 g/mol. The van der Waals surface area contributed by atoms with Crippen LogP contribution in [0.1, 0.15) is 46.5 Å². The van der Waals surface area contributed by atoms with Gasteiger partial charge in [0.25, 0.3) is 17.7 Å². The molecular formula is C24H25N5O3S. The van der Waals surface area contributed by atoms with E-state index in [0.717, 1.165) is 26.7 Å². The van der Waals surface area contributed by atoms with Crippen molar-refractivity contribution < 1.29 is 14.4 Å². The lowest BCUT2D eigenvalue weighted by Gasteiger charge is -2.36. The number of carbonyl (C=O) groups excluding carboxylic acids is 3. The smallest absolute Gasteiger partial charge is 0.264 e. The molecule has 0 N–H and O–H groups in total. The highest BCUT2D eigenvalue weighted by molar-refractivity contribution is 7.13. The van der Waals surface area contributed by atoms with Crippen LogP contribution in [0.2, 0.25) is 0 Å². The number of amides is 3. The summed E-state index contributed by atoms with van der Waals surface area (Å²) >= 11 is 1.51. The van der Waals surface area contributed by atoms with Gasteiger partial charge in [0.1, 0.15) is 0 Å². The molecule has 1 saturated heterocycles. The summed E-state index contributed by atoms with van der Waals surface area (Å²) in [6, 6.07) is 9.27. The molecule has 2 aliphatic heterocycles. The second-order valence-corrected chi connectivity index (χ2v) is 9.75. The van der Waals surface area contributed by atoms with E-state index in [2.05, 4.69) is 10.00 Å². The van der Waals surface area contributed by atoms with Gasteiger partial charge in [-0.3, -0.25) is 24.0 Å². The Balaban J connectivity index is 1.34. The molecule has 9 heteroatoms. The molecule has 1 fully saturated rings. The van der Waals surface area contributed by atoms with Crippen molar-refractivity contribution in [2.24, 2.45) is 7.05 Å². The van der Waals surface area contributed by atoms with Crippen molar-refractivity contribution >= 4 is 34.7 Å². The first-order chi connectivity index (χ1) is 15.8. The second-order valence-electron chi connectivity index (χ2n) is 8.46. The maximum absolute atomic E-state index is 13.3. The van der Waals surface area contributed by atoms with Crippen LogP contribution in [-0.4, -0.2) is 63.5 Å². The lowest BCUT2D eigenvalue weighted by atomic mass is 10.1. The predicted molar refractivity (Wildman–Crippen MR) is 126 cm³/mol. The SMILES string of the molecule is Cc1ccc(C(=O)N2CCN(c3cccc4c3C(=O)N(Cc3cnn(C)c3C)C4=O)CC2)s1. The van der Waals surface area contributed by atoms with E-state index in [1.54, 1.807) is 16.9 Å². The number of fused-ring (bicyclic) bond motifs is 1. The average Bonchev–Trinajstić information content (AvgIpc) is 3.47. The molecule has 0 radical (unpaired) electrons. The van der Waals surface area contributed by atoms with Crippen LogP contribution in [0.25, 0.3) is 0 Å². The van der Waals surface area contributed by atoms with Crippen molar-refractivity contribution in [3.05, 3.63) is 68.7 Å². The van der Waals surface area contributed by atoms with Crippen LogP contribution in [0.3, 0.4) is 0 Å². The molecule has 0 atom stereocenters. The van der Waals surface area contributed by atoms with Crippen LogP contribution < -0.4 is 4.90 Å². The lowest BCUT2D eigenvalue weighted by molar-refractivity contribution is 0.0640. The summed E-state index contributed by atoms with van der Waals surface area (Å²) in [5.41, 5.74) is 3.43. The van der Waals surface area contributed by atoms with Crippen molar-refractivity contribution in [2.45, 2.75) is 20.4 Å². The fraction of sp³-hybridized carbons (Fsp3) is 0.333. The highest BCUT2D eigenvalue weighted by atomic mass is 32.1. The Bertz CT molecular complexity index is 1270. The standard InChI is InChI=1S/C24H25N5O3S/c1-15-7-8-20(33-15)23(31)28-11-9-27(10-12-28)19-6-4-5-18-21(19)24(32)29(22(18)30)14-17-13-25-26(3)16(17)2/h4-8,13H,9-12,14H2,1-3H3. The Morgan fingerprint density at radius 2 is 1.79 bits per heavy atom. The zero-order valence-corrected chi connectivity index (χ0v) is 19.7. The molecule has 0 bridgehead atoms. The molecule has 3 aromatic rings. The largest absolute Gasteiger partial charge is 0.367 e. The van der Waals surface area contributed by atoms with Gasteiger partial charge in [-0.25, -0.2) is 0 Å². The van der Waals surface area contributed by atoms with Gasteiger partial charge in [0.15, 0.2) is 0 Å². The van der Waals surface area contributed by atoms with Gasteiger partial charge in [0, 0.05) is 49.4 Å². The van der Waals surface area contributed by atoms with Crippen LogP contribution in [0, 0.1) is 13.8 Å². The van der Waals surface area contributed by atoms with E-state index >= 15 is 0 Å². The van der Waals surface area contributed by atoms with E-state index in [1.807, 2.05) is 50.1 Å². The molecule has 2 aliphatic rings. The summed E-state index contributed by atoms with van der Waals surface area (Å²) in [4.78, 5) is 46.3.